The summed E-state index contributed by atoms with van der Waals surface area (Å²) in [5.41, 5.74) is 0. The minimum atomic E-state index is -0.878. The second-order valence-corrected chi connectivity index (χ2v) is 4.43. The minimum Gasteiger partial charge on any atom is -0.481 e. The maximum atomic E-state index is 11.8. The van der Waals surface area contributed by atoms with Crippen LogP contribution in [0.4, 0.5) is 0 Å². The number of esters is 1. The van der Waals surface area contributed by atoms with Gasteiger partial charge in [0, 0.05) is 0 Å². The van der Waals surface area contributed by atoms with E-state index < -0.39 is 17.8 Å². The van der Waals surface area contributed by atoms with Gasteiger partial charge in [-0.15, -0.1) is 0 Å². The van der Waals surface area contributed by atoms with Crippen molar-refractivity contribution < 1.29 is 19.4 Å². The molecule has 4 atom stereocenters. The van der Waals surface area contributed by atoms with Crippen LogP contribution >= 0.6 is 0 Å². The minimum absolute atomic E-state index is 0.00286. The molecule has 4 nitrogen and oxygen atoms in total. The van der Waals surface area contributed by atoms with Crippen LogP contribution in [-0.2, 0) is 14.3 Å². The van der Waals surface area contributed by atoms with Crippen LogP contribution in [0, 0.1) is 23.7 Å². The highest BCUT2D eigenvalue weighted by molar-refractivity contribution is 5.82. The van der Waals surface area contributed by atoms with Crippen molar-refractivity contribution in [2.45, 2.75) is 19.8 Å². The monoisotopic (exact) mass is 224 g/mol. The summed E-state index contributed by atoms with van der Waals surface area (Å²) in [5, 5.41) is 9.21. The molecule has 0 aromatic carbocycles. The van der Waals surface area contributed by atoms with E-state index in [1.807, 2.05) is 12.2 Å². The van der Waals surface area contributed by atoms with Crippen LogP contribution < -0.4 is 0 Å². The summed E-state index contributed by atoms with van der Waals surface area (Å²) in [6, 6.07) is 0. The van der Waals surface area contributed by atoms with Crippen LogP contribution in [0.5, 0.6) is 0 Å². The quantitative estimate of drug-likeness (QED) is 0.582. The Morgan fingerprint density at radius 3 is 2.25 bits per heavy atom. The fourth-order valence-electron chi connectivity index (χ4n) is 2.89. The number of allylic oxidation sites excluding steroid dienone is 2. The maximum absolute atomic E-state index is 11.8. The molecule has 1 saturated carbocycles. The van der Waals surface area contributed by atoms with E-state index in [1.54, 1.807) is 6.92 Å². The van der Waals surface area contributed by atoms with E-state index in [4.69, 9.17) is 4.74 Å². The fraction of sp³-hybridized carbons (Fsp3) is 0.667. The molecule has 3 aliphatic carbocycles. The lowest BCUT2D eigenvalue weighted by Crippen LogP contribution is -2.45. The first kappa shape index (κ1) is 11.2. The Kier molecular flexibility index (Phi) is 2.99. The van der Waals surface area contributed by atoms with Crippen molar-refractivity contribution >= 4 is 11.9 Å². The van der Waals surface area contributed by atoms with Gasteiger partial charge in [0.15, 0.2) is 0 Å². The molecule has 0 amide bonds. The second kappa shape index (κ2) is 4.28. The number of rotatable bonds is 3. The Labute approximate surface area is 94.3 Å². The van der Waals surface area contributed by atoms with Crippen molar-refractivity contribution in [3.05, 3.63) is 12.2 Å². The fourth-order valence-corrected chi connectivity index (χ4v) is 2.89. The highest BCUT2D eigenvalue weighted by atomic mass is 16.5. The molecule has 88 valence electrons. The predicted octanol–water partition coefficient (Wildman–Crippen LogP) is 1.46. The Balaban J connectivity index is 2.24. The van der Waals surface area contributed by atoms with Gasteiger partial charge in [0.05, 0.1) is 18.4 Å². The van der Waals surface area contributed by atoms with Gasteiger partial charge in [-0.25, -0.2) is 0 Å². The zero-order chi connectivity index (χ0) is 11.7. The first-order valence-electron chi connectivity index (χ1n) is 5.73. The Morgan fingerprint density at radius 2 is 1.81 bits per heavy atom. The van der Waals surface area contributed by atoms with Gasteiger partial charge in [0.1, 0.15) is 0 Å². The molecule has 0 spiro atoms. The molecular formula is C12H16O4. The summed E-state index contributed by atoms with van der Waals surface area (Å²) < 4.78 is 4.98. The van der Waals surface area contributed by atoms with Gasteiger partial charge in [-0.1, -0.05) is 12.2 Å². The summed E-state index contributed by atoms with van der Waals surface area (Å²) in [5.74, 6) is -2.27. The molecule has 16 heavy (non-hydrogen) atoms. The van der Waals surface area contributed by atoms with Crippen molar-refractivity contribution in [2.75, 3.05) is 6.61 Å². The topological polar surface area (TPSA) is 63.6 Å². The van der Waals surface area contributed by atoms with Crippen molar-refractivity contribution in [1.29, 1.82) is 0 Å². The molecule has 1 fully saturated rings. The largest absolute Gasteiger partial charge is 0.481 e. The summed E-state index contributed by atoms with van der Waals surface area (Å²) in [4.78, 5) is 23.0. The Hall–Kier alpha value is -1.32. The van der Waals surface area contributed by atoms with Crippen LogP contribution in [0.3, 0.4) is 0 Å². The molecule has 0 aliphatic heterocycles. The number of aliphatic carboxylic acids is 1. The maximum Gasteiger partial charge on any atom is 0.310 e. The SMILES string of the molecule is CCOC(=O)C1C2C=CC(CC2)C1C(=O)O. The Bertz CT molecular complexity index is 334. The van der Waals surface area contributed by atoms with Crippen LogP contribution in [0.1, 0.15) is 19.8 Å². The summed E-state index contributed by atoms with van der Waals surface area (Å²) in [6.45, 7) is 2.05. The molecule has 0 aromatic rings. The average Bonchev–Trinajstić information content (AvgIpc) is 2.29. The normalized spacial score (nSPS) is 36.1. The lowest BCUT2D eigenvalue weighted by atomic mass is 9.62. The molecule has 0 heterocycles. The molecule has 1 N–H and O–H groups in total. The van der Waals surface area contributed by atoms with Gasteiger partial charge in [0.25, 0.3) is 0 Å². The first-order chi connectivity index (χ1) is 7.65. The summed E-state index contributed by atoms with van der Waals surface area (Å²) >= 11 is 0. The zero-order valence-corrected chi connectivity index (χ0v) is 9.26. The predicted molar refractivity (Wildman–Crippen MR) is 56.6 cm³/mol. The number of carboxylic acid groups (broad SMARTS) is 1. The van der Waals surface area contributed by atoms with E-state index in [1.165, 1.54) is 0 Å². The summed E-state index contributed by atoms with van der Waals surface area (Å²) in [7, 11) is 0. The van der Waals surface area contributed by atoms with E-state index in [2.05, 4.69) is 0 Å². The Morgan fingerprint density at radius 1 is 1.25 bits per heavy atom. The average molecular weight is 224 g/mol. The van der Waals surface area contributed by atoms with Gasteiger partial charge in [-0.3, -0.25) is 9.59 Å². The van der Waals surface area contributed by atoms with Crippen molar-refractivity contribution in [3.8, 4) is 0 Å². The standard InChI is InChI=1S/C12H16O4/c1-2-16-12(15)10-8-5-3-7(4-6-8)9(10)11(13)14/h3,5,7-10H,2,4,6H2,1H3,(H,13,14). The van der Waals surface area contributed by atoms with Gasteiger partial charge in [0.2, 0.25) is 0 Å². The third-order valence-electron chi connectivity index (χ3n) is 3.59. The van der Waals surface area contributed by atoms with Crippen molar-refractivity contribution in [1.82, 2.24) is 0 Å². The number of hydrogen-bond acceptors (Lipinski definition) is 3. The molecular weight excluding hydrogens is 208 g/mol. The van der Waals surface area contributed by atoms with Crippen LogP contribution in [-0.4, -0.2) is 23.7 Å². The third-order valence-corrected chi connectivity index (χ3v) is 3.59. The van der Waals surface area contributed by atoms with Crippen molar-refractivity contribution in [2.24, 2.45) is 23.7 Å². The van der Waals surface area contributed by atoms with Gasteiger partial charge < -0.3 is 9.84 Å². The molecule has 0 radical (unpaired) electrons. The van der Waals surface area contributed by atoms with E-state index in [9.17, 15) is 14.7 Å². The molecule has 0 saturated heterocycles. The van der Waals surface area contributed by atoms with E-state index in [0.717, 1.165) is 12.8 Å². The third kappa shape index (κ3) is 1.72. The van der Waals surface area contributed by atoms with Gasteiger partial charge >= 0.3 is 11.9 Å². The number of carbonyl (C=O) groups excluding carboxylic acids is 1. The molecule has 4 unspecified atom stereocenters. The molecule has 2 bridgehead atoms. The highest BCUT2D eigenvalue weighted by Crippen LogP contribution is 2.45. The van der Waals surface area contributed by atoms with E-state index in [-0.39, 0.29) is 17.8 Å². The number of carboxylic acids is 1. The highest BCUT2D eigenvalue weighted by Gasteiger charge is 2.48. The molecule has 4 heteroatoms. The summed E-state index contributed by atoms with van der Waals surface area (Å²) in [6.07, 6.45) is 5.69. The zero-order valence-electron chi connectivity index (χ0n) is 9.26. The van der Waals surface area contributed by atoms with Gasteiger partial charge in [-0.2, -0.15) is 0 Å². The smallest absolute Gasteiger partial charge is 0.310 e. The van der Waals surface area contributed by atoms with Crippen LogP contribution in [0.2, 0.25) is 0 Å². The molecule has 0 aromatic heterocycles. The lowest BCUT2D eigenvalue weighted by molar-refractivity contribution is -0.163. The number of ether oxygens (including phenoxy) is 1. The second-order valence-electron chi connectivity index (χ2n) is 4.43. The number of fused-ring (bicyclic) bond motifs is 2. The lowest BCUT2D eigenvalue weighted by Gasteiger charge is -2.41. The van der Waals surface area contributed by atoms with Crippen LogP contribution in [0.15, 0.2) is 12.2 Å². The first-order valence-corrected chi connectivity index (χ1v) is 5.73. The van der Waals surface area contributed by atoms with Crippen LogP contribution in [0.25, 0.3) is 0 Å². The van der Waals surface area contributed by atoms with E-state index >= 15 is 0 Å². The van der Waals surface area contributed by atoms with Crippen molar-refractivity contribution in [3.63, 3.8) is 0 Å². The molecule has 3 rings (SSSR count). The molecule has 3 aliphatic rings. The van der Waals surface area contributed by atoms with E-state index in [0.29, 0.717) is 6.61 Å². The number of carbonyl (C=O) groups is 2. The number of hydrogen-bond donors (Lipinski definition) is 1. The van der Waals surface area contributed by atoms with Gasteiger partial charge in [-0.05, 0) is 31.6 Å².